The van der Waals surface area contributed by atoms with E-state index >= 15 is 0 Å². The Morgan fingerprint density at radius 2 is 1.75 bits per heavy atom. The molecule has 0 heterocycles. The number of nitrogens with one attached hydrogen (secondary N) is 1. The minimum Gasteiger partial charge on any atom is -0.316 e. The van der Waals surface area contributed by atoms with E-state index in [2.05, 4.69) is 62.2 Å². The van der Waals surface area contributed by atoms with E-state index in [-0.39, 0.29) is 0 Å². The molecule has 0 saturated heterocycles. The van der Waals surface area contributed by atoms with Gasteiger partial charge in [-0.2, -0.15) is 0 Å². The highest BCUT2D eigenvalue weighted by molar-refractivity contribution is 5.25. The van der Waals surface area contributed by atoms with Crippen LogP contribution < -0.4 is 5.32 Å². The van der Waals surface area contributed by atoms with Gasteiger partial charge in [0.15, 0.2) is 0 Å². The Morgan fingerprint density at radius 1 is 1.05 bits per heavy atom. The first-order chi connectivity index (χ1) is 9.71. The van der Waals surface area contributed by atoms with Crippen molar-refractivity contribution in [3.05, 3.63) is 35.4 Å². The van der Waals surface area contributed by atoms with Gasteiger partial charge in [0, 0.05) is 13.1 Å². The Hall–Kier alpha value is -0.860. The van der Waals surface area contributed by atoms with E-state index in [9.17, 15) is 0 Å². The summed E-state index contributed by atoms with van der Waals surface area (Å²) in [7, 11) is 0. The molecule has 0 radical (unpaired) electrons. The second-order valence-corrected chi connectivity index (χ2v) is 5.72. The van der Waals surface area contributed by atoms with Crippen LogP contribution in [0.3, 0.4) is 0 Å². The summed E-state index contributed by atoms with van der Waals surface area (Å²) in [5.74, 6) is 0.591. The van der Waals surface area contributed by atoms with Crippen LogP contribution in [-0.2, 0) is 6.54 Å². The van der Waals surface area contributed by atoms with Crippen LogP contribution in [0.4, 0.5) is 0 Å². The van der Waals surface area contributed by atoms with E-state index < -0.39 is 0 Å². The van der Waals surface area contributed by atoms with E-state index in [1.807, 2.05) is 0 Å². The molecule has 114 valence electrons. The first-order valence-electron chi connectivity index (χ1n) is 8.23. The van der Waals surface area contributed by atoms with Gasteiger partial charge in [0.25, 0.3) is 0 Å². The SMILES string of the molecule is CCCNCC(C)c1ccc(CN(CC)CCC)cc1. The Morgan fingerprint density at radius 3 is 2.30 bits per heavy atom. The van der Waals surface area contributed by atoms with Crippen molar-refractivity contribution in [2.75, 3.05) is 26.2 Å². The van der Waals surface area contributed by atoms with E-state index in [0.29, 0.717) is 5.92 Å². The van der Waals surface area contributed by atoms with Gasteiger partial charge in [0.05, 0.1) is 0 Å². The average Bonchev–Trinajstić information content (AvgIpc) is 2.47. The molecule has 0 fully saturated rings. The van der Waals surface area contributed by atoms with Gasteiger partial charge in [0.1, 0.15) is 0 Å². The van der Waals surface area contributed by atoms with Gasteiger partial charge in [-0.25, -0.2) is 0 Å². The summed E-state index contributed by atoms with van der Waals surface area (Å²) in [6, 6.07) is 9.19. The first-order valence-corrected chi connectivity index (χ1v) is 8.23. The fraction of sp³-hybridized carbons (Fsp3) is 0.667. The lowest BCUT2D eigenvalue weighted by Gasteiger charge is -2.20. The lowest BCUT2D eigenvalue weighted by Crippen LogP contribution is -2.23. The van der Waals surface area contributed by atoms with Crippen LogP contribution in [0.25, 0.3) is 0 Å². The highest BCUT2D eigenvalue weighted by atomic mass is 15.1. The summed E-state index contributed by atoms with van der Waals surface area (Å²) in [4.78, 5) is 2.50. The zero-order valence-corrected chi connectivity index (χ0v) is 13.8. The number of nitrogens with zero attached hydrogens (tertiary/aromatic N) is 1. The Bertz CT molecular complexity index is 345. The van der Waals surface area contributed by atoms with Crippen LogP contribution in [0.2, 0.25) is 0 Å². The highest BCUT2D eigenvalue weighted by Gasteiger charge is 2.06. The maximum absolute atomic E-state index is 3.50. The molecule has 0 aromatic heterocycles. The van der Waals surface area contributed by atoms with Crippen molar-refractivity contribution in [2.45, 2.75) is 53.0 Å². The average molecular weight is 276 g/mol. The molecular weight excluding hydrogens is 244 g/mol. The quantitative estimate of drug-likeness (QED) is 0.649. The van der Waals surface area contributed by atoms with E-state index in [1.165, 1.54) is 30.5 Å². The third-order valence-electron chi connectivity index (χ3n) is 3.82. The fourth-order valence-electron chi connectivity index (χ4n) is 2.49. The Kier molecular flexibility index (Phi) is 8.56. The van der Waals surface area contributed by atoms with Crippen molar-refractivity contribution < 1.29 is 0 Å². The maximum atomic E-state index is 3.50. The number of rotatable bonds is 10. The zero-order chi connectivity index (χ0) is 14.8. The van der Waals surface area contributed by atoms with Gasteiger partial charge in [0.2, 0.25) is 0 Å². The molecule has 1 aromatic rings. The third kappa shape index (κ3) is 6.06. The molecule has 0 bridgehead atoms. The molecule has 2 nitrogen and oxygen atoms in total. The maximum Gasteiger partial charge on any atom is 0.0233 e. The van der Waals surface area contributed by atoms with Crippen LogP contribution in [0, 0.1) is 0 Å². The molecular formula is C18H32N2. The van der Waals surface area contributed by atoms with Gasteiger partial charge < -0.3 is 5.32 Å². The normalized spacial score (nSPS) is 12.8. The predicted molar refractivity (Wildman–Crippen MR) is 89.3 cm³/mol. The molecule has 20 heavy (non-hydrogen) atoms. The molecule has 0 aliphatic rings. The summed E-state index contributed by atoms with van der Waals surface area (Å²) in [6.45, 7) is 14.6. The molecule has 0 saturated carbocycles. The zero-order valence-electron chi connectivity index (χ0n) is 13.8. The molecule has 0 spiro atoms. The van der Waals surface area contributed by atoms with Crippen LogP contribution >= 0.6 is 0 Å². The first kappa shape index (κ1) is 17.2. The van der Waals surface area contributed by atoms with Crippen molar-refractivity contribution in [1.82, 2.24) is 10.2 Å². The summed E-state index contributed by atoms with van der Waals surface area (Å²) < 4.78 is 0. The van der Waals surface area contributed by atoms with Gasteiger partial charge >= 0.3 is 0 Å². The summed E-state index contributed by atoms with van der Waals surface area (Å²) in [5, 5.41) is 3.50. The molecule has 0 aliphatic carbocycles. The lowest BCUT2D eigenvalue weighted by molar-refractivity contribution is 0.280. The molecule has 1 aromatic carbocycles. The summed E-state index contributed by atoms with van der Waals surface area (Å²) in [6.07, 6.45) is 2.43. The molecule has 1 atom stereocenters. The number of hydrogen-bond donors (Lipinski definition) is 1. The van der Waals surface area contributed by atoms with Gasteiger partial charge in [-0.15, -0.1) is 0 Å². The van der Waals surface area contributed by atoms with Crippen molar-refractivity contribution in [1.29, 1.82) is 0 Å². The summed E-state index contributed by atoms with van der Waals surface area (Å²) >= 11 is 0. The minimum atomic E-state index is 0.591. The Balaban J connectivity index is 2.50. The van der Waals surface area contributed by atoms with E-state index in [4.69, 9.17) is 0 Å². The molecule has 1 N–H and O–H groups in total. The predicted octanol–water partition coefficient (Wildman–Crippen LogP) is 4.02. The highest BCUT2D eigenvalue weighted by Crippen LogP contribution is 2.16. The van der Waals surface area contributed by atoms with Gasteiger partial charge in [-0.05, 0) is 49.5 Å². The number of benzene rings is 1. The molecule has 0 aliphatic heterocycles. The Labute approximate surface area is 125 Å². The second kappa shape index (κ2) is 9.95. The van der Waals surface area contributed by atoms with Crippen LogP contribution in [0.5, 0.6) is 0 Å². The van der Waals surface area contributed by atoms with E-state index in [1.54, 1.807) is 0 Å². The standard InChI is InChI=1S/C18H32N2/c1-5-12-19-14-16(4)18-10-8-17(9-11-18)15-20(7-3)13-6-2/h8-11,16,19H,5-7,12-15H2,1-4H3. The van der Waals surface area contributed by atoms with Crippen LogP contribution in [0.1, 0.15) is 57.6 Å². The van der Waals surface area contributed by atoms with Crippen LogP contribution in [0.15, 0.2) is 24.3 Å². The van der Waals surface area contributed by atoms with E-state index in [0.717, 1.165) is 26.2 Å². The smallest absolute Gasteiger partial charge is 0.0233 e. The van der Waals surface area contributed by atoms with Crippen molar-refractivity contribution >= 4 is 0 Å². The minimum absolute atomic E-state index is 0.591. The molecule has 1 rings (SSSR count). The van der Waals surface area contributed by atoms with Gasteiger partial charge in [-0.3, -0.25) is 4.90 Å². The molecule has 0 amide bonds. The van der Waals surface area contributed by atoms with Crippen molar-refractivity contribution in [3.8, 4) is 0 Å². The lowest BCUT2D eigenvalue weighted by atomic mass is 9.99. The van der Waals surface area contributed by atoms with Crippen molar-refractivity contribution in [2.24, 2.45) is 0 Å². The molecule has 1 unspecified atom stereocenters. The topological polar surface area (TPSA) is 15.3 Å². The largest absolute Gasteiger partial charge is 0.316 e. The monoisotopic (exact) mass is 276 g/mol. The van der Waals surface area contributed by atoms with Crippen molar-refractivity contribution in [3.63, 3.8) is 0 Å². The third-order valence-corrected chi connectivity index (χ3v) is 3.82. The summed E-state index contributed by atoms with van der Waals surface area (Å²) in [5.41, 5.74) is 2.87. The molecule has 2 heteroatoms. The van der Waals surface area contributed by atoms with Gasteiger partial charge in [-0.1, -0.05) is 52.0 Å². The fourth-order valence-corrected chi connectivity index (χ4v) is 2.49. The van der Waals surface area contributed by atoms with Crippen LogP contribution in [-0.4, -0.2) is 31.1 Å². The second-order valence-electron chi connectivity index (χ2n) is 5.72. The number of hydrogen-bond acceptors (Lipinski definition) is 2.